The maximum absolute atomic E-state index is 13.5. The minimum atomic E-state index is -4.42. The van der Waals surface area contributed by atoms with E-state index in [1.54, 1.807) is 0 Å². The number of nitrogen functional groups attached to an aromatic ring is 1. The molecular weight excluding hydrogens is 282 g/mol. The lowest BCUT2D eigenvalue weighted by Crippen LogP contribution is -2.16. The molecule has 0 atom stereocenters. The van der Waals surface area contributed by atoms with Crippen molar-refractivity contribution < 1.29 is 21.6 Å². The Kier molecular flexibility index (Phi) is 3.10. The lowest BCUT2D eigenvalue weighted by Gasteiger charge is -2.06. The number of hydrogen-bond donors (Lipinski definition) is 2. The lowest BCUT2D eigenvalue weighted by atomic mass is 10.3. The van der Waals surface area contributed by atoms with Crippen LogP contribution in [0.3, 0.4) is 0 Å². The van der Waals surface area contributed by atoms with Gasteiger partial charge < -0.3 is 10.2 Å². The van der Waals surface area contributed by atoms with E-state index in [0.29, 0.717) is 6.07 Å². The standard InChI is InChI=1S/C9H8F2N4O3S/c1-4-13-14-9(18-4)15-19(16,17)7-3-5(12)2-6(10)8(7)11/h2-3H,12H2,1H3,(H,14,15). The van der Waals surface area contributed by atoms with Gasteiger partial charge in [-0.05, 0) is 12.1 Å². The number of halogens is 2. The first-order chi connectivity index (χ1) is 8.79. The van der Waals surface area contributed by atoms with Gasteiger partial charge in [0.25, 0.3) is 10.0 Å². The molecule has 102 valence electrons. The first kappa shape index (κ1) is 13.2. The van der Waals surface area contributed by atoms with Gasteiger partial charge in [0.1, 0.15) is 4.90 Å². The van der Waals surface area contributed by atoms with Crippen molar-refractivity contribution in [2.24, 2.45) is 0 Å². The van der Waals surface area contributed by atoms with E-state index in [1.807, 2.05) is 4.72 Å². The Balaban J connectivity index is 2.45. The van der Waals surface area contributed by atoms with Crippen molar-refractivity contribution in [2.45, 2.75) is 11.8 Å². The molecule has 2 rings (SSSR count). The molecule has 0 amide bonds. The van der Waals surface area contributed by atoms with Crippen molar-refractivity contribution >= 4 is 21.7 Å². The zero-order valence-corrected chi connectivity index (χ0v) is 10.3. The van der Waals surface area contributed by atoms with Gasteiger partial charge in [-0.3, -0.25) is 0 Å². The van der Waals surface area contributed by atoms with Crippen molar-refractivity contribution in [3.8, 4) is 0 Å². The Hall–Kier alpha value is -2.23. The van der Waals surface area contributed by atoms with Crippen molar-refractivity contribution in [3.63, 3.8) is 0 Å². The van der Waals surface area contributed by atoms with Crippen LogP contribution in [0, 0.1) is 18.6 Å². The fourth-order valence-corrected chi connectivity index (χ4v) is 2.33. The van der Waals surface area contributed by atoms with Crippen LogP contribution in [0.25, 0.3) is 0 Å². The van der Waals surface area contributed by atoms with Gasteiger partial charge in [-0.2, -0.15) is 0 Å². The molecule has 0 spiro atoms. The second kappa shape index (κ2) is 4.46. The van der Waals surface area contributed by atoms with Gasteiger partial charge in [0.15, 0.2) is 11.6 Å². The summed E-state index contributed by atoms with van der Waals surface area (Å²) in [7, 11) is -4.42. The van der Waals surface area contributed by atoms with E-state index < -0.39 is 32.6 Å². The van der Waals surface area contributed by atoms with Crippen LogP contribution in [-0.4, -0.2) is 18.6 Å². The van der Waals surface area contributed by atoms with Crippen LogP contribution < -0.4 is 10.5 Å². The molecule has 0 aliphatic heterocycles. The maximum Gasteiger partial charge on any atom is 0.329 e. The Morgan fingerprint density at radius 2 is 2.00 bits per heavy atom. The highest BCUT2D eigenvalue weighted by molar-refractivity contribution is 7.92. The highest BCUT2D eigenvalue weighted by Crippen LogP contribution is 2.23. The summed E-state index contributed by atoms with van der Waals surface area (Å²) in [6.45, 7) is 1.44. The summed E-state index contributed by atoms with van der Waals surface area (Å²) in [5, 5.41) is 6.76. The molecule has 0 aliphatic carbocycles. The van der Waals surface area contributed by atoms with Gasteiger partial charge in [0, 0.05) is 12.6 Å². The van der Waals surface area contributed by atoms with Crippen LogP contribution in [0.5, 0.6) is 0 Å². The third-order valence-electron chi connectivity index (χ3n) is 2.05. The summed E-state index contributed by atoms with van der Waals surface area (Å²) in [5.41, 5.74) is 5.04. The van der Waals surface area contributed by atoms with Crippen LogP contribution in [0.15, 0.2) is 21.4 Å². The molecule has 0 fully saturated rings. The van der Waals surface area contributed by atoms with E-state index in [9.17, 15) is 17.2 Å². The molecular formula is C9H8F2N4O3S. The van der Waals surface area contributed by atoms with Crippen LogP contribution in [0.1, 0.15) is 5.89 Å². The van der Waals surface area contributed by atoms with Crippen molar-refractivity contribution in [1.29, 1.82) is 0 Å². The molecule has 0 bridgehead atoms. The summed E-state index contributed by atoms with van der Waals surface area (Å²) in [4.78, 5) is -0.944. The van der Waals surface area contributed by atoms with E-state index in [-0.39, 0.29) is 11.6 Å². The monoisotopic (exact) mass is 290 g/mol. The molecule has 19 heavy (non-hydrogen) atoms. The Morgan fingerprint density at radius 3 is 2.58 bits per heavy atom. The number of nitrogens with two attached hydrogens (primary N) is 1. The second-order valence-corrected chi connectivity index (χ2v) is 5.20. The highest BCUT2D eigenvalue weighted by Gasteiger charge is 2.24. The third-order valence-corrected chi connectivity index (χ3v) is 3.37. The fraction of sp³-hybridized carbons (Fsp3) is 0.111. The zero-order valence-electron chi connectivity index (χ0n) is 9.52. The maximum atomic E-state index is 13.5. The Morgan fingerprint density at radius 1 is 1.32 bits per heavy atom. The minimum Gasteiger partial charge on any atom is -0.408 e. The molecule has 2 aromatic rings. The minimum absolute atomic E-state index is 0.108. The number of rotatable bonds is 3. The van der Waals surface area contributed by atoms with Gasteiger partial charge in [-0.25, -0.2) is 21.9 Å². The topological polar surface area (TPSA) is 111 Å². The molecule has 0 saturated heterocycles. The molecule has 1 aromatic carbocycles. The van der Waals surface area contributed by atoms with E-state index in [4.69, 9.17) is 10.2 Å². The third kappa shape index (κ3) is 2.62. The Labute approximate surface area is 106 Å². The summed E-state index contributed by atoms with van der Waals surface area (Å²) in [5.74, 6) is -2.81. The Bertz CT molecular complexity index is 729. The molecule has 0 radical (unpaired) electrons. The average Bonchev–Trinajstić information content (AvgIpc) is 2.68. The SMILES string of the molecule is Cc1nnc(NS(=O)(=O)c2cc(N)cc(F)c2F)o1. The lowest BCUT2D eigenvalue weighted by molar-refractivity contribution is 0.485. The van der Waals surface area contributed by atoms with Crippen LogP contribution in [0.2, 0.25) is 0 Å². The number of anilines is 2. The molecule has 1 aromatic heterocycles. The molecule has 3 N–H and O–H groups in total. The van der Waals surface area contributed by atoms with E-state index in [1.165, 1.54) is 6.92 Å². The van der Waals surface area contributed by atoms with E-state index in [0.717, 1.165) is 6.07 Å². The summed E-state index contributed by atoms with van der Waals surface area (Å²) < 4.78 is 56.9. The predicted octanol–water partition coefficient (Wildman–Crippen LogP) is 1.04. The van der Waals surface area contributed by atoms with Crippen LogP contribution >= 0.6 is 0 Å². The van der Waals surface area contributed by atoms with Crippen molar-refractivity contribution in [3.05, 3.63) is 29.7 Å². The number of sulfonamides is 1. The smallest absolute Gasteiger partial charge is 0.329 e. The molecule has 10 heteroatoms. The first-order valence-corrected chi connectivity index (χ1v) is 6.35. The number of nitrogens with zero attached hydrogens (tertiary/aromatic N) is 2. The van der Waals surface area contributed by atoms with Gasteiger partial charge in [-0.1, -0.05) is 5.10 Å². The zero-order chi connectivity index (χ0) is 14.2. The van der Waals surface area contributed by atoms with Gasteiger partial charge in [-0.15, -0.1) is 5.10 Å². The normalized spacial score (nSPS) is 11.5. The van der Waals surface area contributed by atoms with E-state index >= 15 is 0 Å². The van der Waals surface area contributed by atoms with Crippen molar-refractivity contribution in [2.75, 3.05) is 10.5 Å². The molecule has 1 heterocycles. The number of nitrogens with one attached hydrogen (secondary N) is 1. The quantitative estimate of drug-likeness (QED) is 0.817. The number of benzene rings is 1. The van der Waals surface area contributed by atoms with Gasteiger partial charge >= 0.3 is 6.01 Å². The largest absolute Gasteiger partial charge is 0.408 e. The average molecular weight is 290 g/mol. The fourth-order valence-electron chi connectivity index (χ4n) is 1.29. The molecule has 7 nitrogen and oxygen atoms in total. The first-order valence-electron chi connectivity index (χ1n) is 4.87. The summed E-state index contributed by atoms with van der Waals surface area (Å²) in [6.07, 6.45) is 0. The van der Waals surface area contributed by atoms with Gasteiger partial charge in [0.05, 0.1) is 0 Å². The second-order valence-electron chi connectivity index (χ2n) is 3.55. The highest BCUT2D eigenvalue weighted by atomic mass is 32.2. The van der Waals surface area contributed by atoms with Crippen LogP contribution in [0.4, 0.5) is 20.5 Å². The predicted molar refractivity (Wildman–Crippen MR) is 60.6 cm³/mol. The number of hydrogen-bond acceptors (Lipinski definition) is 6. The van der Waals surface area contributed by atoms with Gasteiger partial charge in [0.2, 0.25) is 5.89 Å². The summed E-state index contributed by atoms with van der Waals surface area (Å²) in [6, 6.07) is 0.995. The number of aromatic nitrogens is 2. The van der Waals surface area contributed by atoms with Crippen LogP contribution in [-0.2, 0) is 10.0 Å². The summed E-state index contributed by atoms with van der Waals surface area (Å²) >= 11 is 0. The van der Waals surface area contributed by atoms with E-state index in [2.05, 4.69) is 10.2 Å². The molecule has 0 unspecified atom stereocenters. The van der Waals surface area contributed by atoms with Crippen molar-refractivity contribution in [1.82, 2.24) is 10.2 Å². The molecule has 0 saturated carbocycles. The molecule has 0 aliphatic rings. The number of aryl methyl sites for hydroxylation is 1.